The van der Waals surface area contributed by atoms with Gasteiger partial charge in [0.25, 0.3) is 0 Å². The van der Waals surface area contributed by atoms with Gasteiger partial charge in [-0.1, -0.05) is 37.4 Å². The SMILES string of the molecule is C=Cc1ccc(C)c(C=C)c1. The van der Waals surface area contributed by atoms with E-state index in [0.29, 0.717) is 0 Å². The molecule has 1 aromatic rings. The molecule has 0 aromatic heterocycles. The van der Waals surface area contributed by atoms with Crippen molar-refractivity contribution in [1.82, 2.24) is 0 Å². The van der Waals surface area contributed by atoms with Crippen LogP contribution < -0.4 is 0 Å². The van der Waals surface area contributed by atoms with Crippen LogP contribution in [0.25, 0.3) is 12.2 Å². The van der Waals surface area contributed by atoms with Crippen molar-refractivity contribution in [2.24, 2.45) is 0 Å². The lowest BCUT2D eigenvalue weighted by atomic mass is 10.1. The summed E-state index contributed by atoms with van der Waals surface area (Å²) < 4.78 is 0. The molecule has 0 spiro atoms. The second-order valence-electron chi connectivity index (χ2n) is 2.52. The third-order valence-corrected chi connectivity index (χ3v) is 1.76. The molecule has 0 aliphatic heterocycles. The average molecular weight is 144 g/mol. The lowest BCUT2D eigenvalue weighted by molar-refractivity contribution is 1.43. The van der Waals surface area contributed by atoms with Gasteiger partial charge in [-0.05, 0) is 29.7 Å². The number of hydrogen-bond donors (Lipinski definition) is 0. The van der Waals surface area contributed by atoms with E-state index in [1.807, 2.05) is 12.2 Å². The van der Waals surface area contributed by atoms with E-state index in [1.165, 1.54) is 11.1 Å². The first-order valence-electron chi connectivity index (χ1n) is 3.63. The second kappa shape index (κ2) is 3.20. The van der Waals surface area contributed by atoms with Gasteiger partial charge in [0.05, 0.1) is 0 Å². The standard InChI is InChI=1S/C11H12/c1-4-10-7-6-9(3)11(5-2)8-10/h4-8H,1-2H2,3H3. The van der Waals surface area contributed by atoms with E-state index < -0.39 is 0 Å². The van der Waals surface area contributed by atoms with E-state index >= 15 is 0 Å². The number of aryl methyl sites for hydroxylation is 1. The molecule has 0 aliphatic rings. The summed E-state index contributed by atoms with van der Waals surface area (Å²) >= 11 is 0. The Kier molecular flexibility index (Phi) is 2.27. The first kappa shape index (κ1) is 7.80. The normalized spacial score (nSPS) is 9.18. The molecule has 0 nitrogen and oxygen atoms in total. The topological polar surface area (TPSA) is 0 Å². The molecule has 11 heavy (non-hydrogen) atoms. The molecule has 56 valence electrons. The molecule has 1 aromatic carbocycles. The van der Waals surface area contributed by atoms with E-state index in [1.54, 1.807) is 0 Å². The maximum Gasteiger partial charge on any atom is -0.0227 e. The lowest BCUT2D eigenvalue weighted by Gasteiger charge is -2.00. The number of rotatable bonds is 2. The van der Waals surface area contributed by atoms with Crippen LogP contribution in [0.4, 0.5) is 0 Å². The maximum absolute atomic E-state index is 3.73. The van der Waals surface area contributed by atoms with Gasteiger partial charge in [-0.15, -0.1) is 0 Å². The summed E-state index contributed by atoms with van der Waals surface area (Å²) in [4.78, 5) is 0. The van der Waals surface area contributed by atoms with Gasteiger partial charge in [0, 0.05) is 0 Å². The summed E-state index contributed by atoms with van der Waals surface area (Å²) in [5.41, 5.74) is 3.58. The van der Waals surface area contributed by atoms with Crippen molar-refractivity contribution in [2.45, 2.75) is 6.92 Å². The molecule has 0 amide bonds. The maximum atomic E-state index is 3.73. The quantitative estimate of drug-likeness (QED) is 0.597. The number of hydrogen-bond acceptors (Lipinski definition) is 0. The third kappa shape index (κ3) is 1.58. The van der Waals surface area contributed by atoms with E-state index in [4.69, 9.17) is 0 Å². The van der Waals surface area contributed by atoms with Crippen molar-refractivity contribution in [3.05, 3.63) is 48.0 Å². The predicted octanol–water partition coefficient (Wildman–Crippen LogP) is 3.28. The first-order chi connectivity index (χ1) is 5.27. The average Bonchev–Trinajstić information content (AvgIpc) is 2.05. The van der Waals surface area contributed by atoms with Crippen molar-refractivity contribution in [2.75, 3.05) is 0 Å². The van der Waals surface area contributed by atoms with Crippen LogP contribution in [0.5, 0.6) is 0 Å². The molecule has 0 heterocycles. The molecular weight excluding hydrogens is 132 g/mol. The minimum absolute atomic E-state index is 1.14. The van der Waals surface area contributed by atoms with Crippen LogP contribution >= 0.6 is 0 Å². The summed E-state index contributed by atoms with van der Waals surface area (Å²) in [6.45, 7) is 9.51. The monoisotopic (exact) mass is 144 g/mol. The lowest BCUT2D eigenvalue weighted by Crippen LogP contribution is -1.80. The molecule has 1 rings (SSSR count). The smallest absolute Gasteiger partial charge is 0.0227 e. The molecule has 0 fully saturated rings. The van der Waals surface area contributed by atoms with Gasteiger partial charge in [-0.3, -0.25) is 0 Å². The minimum Gasteiger partial charge on any atom is -0.0985 e. The van der Waals surface area contributed by atoms with Crippen LogP contribution in [0.2, 0.25) is 0 Å². The Hall–Kier alpha value is -1.30. The zero-order chi connectivity index (χ0) is 8.27. The fourth-order valence-electron chi connectivity index (χ4n) is 1.01. The van der Waals surface area contributed by atoms with Gasteiger partial charge in [0.2, 0.25) is 0 Å². The fraction of sp³-hybridized carbons (Fsp3) is 0.0909. The van der Waals surface area contributed by atoms with Gasteiger partial charge in [0.15, 0.2) is 0 Å². The zero-order valence-corrected chi connectivity index (χ0v) is 6.80. The molecule has 0 atom stereocenters. The fourth-order valence-corrected chi connectivity index (χ4v) is 1.01. The molecule has 0 heteroatoms. The Labute approximate surface area is 67.9 Å². The molecule has 0 N–H and O–H groups in total. The van der Waals surface area contributed by atoms with Crippen LogP contribution in [0, 0.1) is 6.92 Å². The Morgan fingerprint density at radius 1 is 1.18 bits per heavy atom. The number of benzene rings is 1. The van der Waals surface area contributed by atoms with Crippen LogP contribution in [0.3, 0.4) is 0 Å². The largest absolute Gasteiger partial charge is 0.0985 e. The van der Waals surface area contributed by atoms with Crippen LogP contribution in [0.15, 0.2) is 31.4 Å². The van der Waals surface area contributed by atoms with Crippen molar-refractivity contribution >= 4 is 12.2 Å². The van der Waals surface area contributed by atoms with Crippen LogP contribution in [-0.2, 0) is 0 Å². The van der Waals surface area contributed by atoms with Gasteiger partial charge >= 0.3 is 0 Å². The van der Waals surface area contributed by atoms with E-state index in [0.717, 1.165) is 5.56 Å². The molecule has 0 saturated heterocycles. The summed E-state index contributed by atoms with van der Waals surface area (Å²) in [6.07, 6.45) is 3.70. The molecule has 0 radical (unpaired) electrons. The summed E-state index contributed by atoms with van der Waals surface area (Å²) in [7, 11) is 0. The highest BCUT2D eigenvalue weighted by Crippen LogP contribution is 2.12. The third-order valence-electron chi connectivity index (χ3n) is 1.76. The second-order valence-corrected chi connectivity index (χ2v) is 2.52. The predicted molar refractivity (Wildman–Crippen MR) is 51.4 cm³/mol. The highest BCUT2D eigenvalue weighted by molar-refractivity contribution is 5.58. The van der Waals surface area contributed by atoms with Crippen molar-refractivity contribution in [3.8, 4) is 0 Å². The summed E-state index contributed by atoms with van der Waals surface area (Å²) in [5, 5.41) is 0. The van der Waals surface area contributed by atoms with Gasteiger partial charge in [-0.2, -0.15) is 0 Å². The summed E-state index contributed by atoms with van der Waals surface area (Å²) in [6, 6.07) is 6.21. The Bertz CT molecular complexity index is 282. The van der Waals surface area contributed by atoms with Crippen molar-refractivity contribution in [1.29, 1.82) is 0 Å². The first-order valence-corrected chi connectivity index (χ1v) is 3.63. The molecule has 0 saturated carbocycles. The highest BCUT2D eigenvalue weighted by atomic mass is 14.0. The Balaban J connectivity index is 3.22. The van der Waals surface area contributed by atoms with Gasteiger partial charge in [-0.25, -0.2) is 0 Å². The van der Waals surface area contributed by atoms with E-state index in [2.05, 4.69) is 38.3 Å². The molecule has 0 aliphatic carbocycles. The molecular formula is C11H12. The van der Waals surface area contributed by atoms with Gasteiger partial charge in [0.1, 0.15) is 0 Å². The molecule has 0 unspecified atom stereocenters. The molecule has 0 bridgehead atoms. The van der Waals surface area contributed by atoms with Crippen molar-refractivity contribution < 1.29 is 0 Å². The van der Waals surface area contributed by atoms with E-state index in [-0.39, 0.29) is 0 Å². The highest BCUT2D eigenvalue weighted by Gasteiger charge is 1.92. The van der Waals surface area contributed by atoms with E-state index in [9.17, 15) is 0 Å². The zero-order valence-electron chi connectivity index (χ0n) is 6.80. The Morgan fingerprint density at radius 2 is 1.91 bits per heavy atom. The summed E-state index contributed by atoms with van der Waals surface area (Å²) in [5.74, 6) is 0. The minimum atomic E-state index is 1.14. The Morgan fingerprint density at radius 3 is 2.45 bits per heavy atom. The van der Waals surface area contributed by atoms with Crippen LogP contribution in [0.1, 0.15) is 16.7 Å². The van der Waals surface area contributed by atoms with Crippen LogP contribution in [-0.4, -0.2) is 0 Å². The van der Waals surface area contributed by atoms with Crippen molar-refractivity contribution in [3.63, 3.8) is 0 Å². The van der Waals surface area contributed by atoms with Gasteiger partial charge < -0.3 is 0 Å².